The number of ether oxygens (including phenoxy) is 1. The second kappa shape index (κ2) is 6.86. The Morgan fingerprint density at radius 3 is 3.04 bits per heavy atom. The number of cyclic esters (lactones) is 1. The molecule has 1 atom stereocenters. The molecule has 1 N–H and O–H groups in total. The Kier molecular flexibility index (Phi) is 4.63. The Morgan fingerprint density at radius 1 is 1.60 bits per heavy atom. The van der Waals surface area contributed by atoms with Crippen LogP contribution in [-0.2, 0) is 9.53 Å². The fraction of sp³-hybridized carbons (Fsp3) is 0.250. The van der Waals surface area contributed by atoms with E-state index >= 15 is 0 Å². The molecule has 128 valence electrons. The Bertz CT molecular complexity index is 877. The summed E-state index contributed by atoms with van der Waals surface area (Å²) in [6.45, 7) is 1.79. The van der Waals surface area contributed by atoms with E-state index < -0.39 is 18.0 Å². The number of benzene rings is 1. The normalized spacial score (nSPS) is 16.4. The standard InChI is InChI=1S/C16H13FN4O3S/c1-9(22)19-6-11-8-21(16(23)24-11)10-2-3-13(14(17)4-10)15-20-7-12(5-18)25-15/h2-4,7,11H,6,8H2,1H3,(H,19,22). The van der Waals surface area contributed by atoms with Gasteiger partial charge in [0.2, 0.25) is 5.91 Å². The van der Waals surface area contributed by atoms with Crippen molar-refractivity contribution in [1.82, 2.24) is 10.3 Å². The number of nitriles is 1. The second-order valence-electron chi connectivity index (χ2n) is 5.36. The van der Waals surface area contributed by atoms with Gasteiger partial charge in [-0.25, -0.2) is 14.2 Å². The first-order valence-electron chi connectivity index (χ1n) is 7.36. The number of hydrogen-bond donors (Lipinski definition) is 1. The molecule has 2 heterocycles. The summed E-state index contributed by atoms with van der Waals surface area (Å²) in [4.78, 5) is 28.6. The maximum absolute atomic E-state index is 14.4. The molecule has 0 saturated carbocycles. The fourth-order valence-electron chi connectivity index (χ4n) is 2.39. The molecule has 7 nitrogen and oxygen atoms in total. The summed E-state index contributed by atoms with van der Waals surface area (Å²) in [5.41, 5.74) is 0.617. The highest BCUT2D eigenvalue weighted by molar-refractivity contribution is 7.15. The molecule has 9 heteroatoms. The van der Waals surface area contributed by atoms with Crippen molar-refractivity contribution in [2.24, 2.45) is 0 Å². The number of anilines is 1. The average molecular weight is 360 g/mol. The Labute approximate surface area is 146 Å². The van der Waals surface area contributed by atoms with Crippen molar-refractivity contribution in [3.63, 3.8) is 0 Å². The van der Waals surface area contributed by atoms with Gasteiger partial charge in [0.05, 0.1) is 25.0 Å². The highest BCUT2D eigenvalue weighted by Crippen LogP contribution is 2.31. The zero-order chi connectivity index (χ0) is 18.0. The van der Waals surface area contributed by atoms with Crippen molar-refractivity contribution in [3.05, 3.63) is 35.1 Å². The maximum Gasteiger partial charge on any atom is 0.414 e. The van der Waals surface area contributed by atoms with Crippen molar-refractivity contribution >= 4 is 29.0 Å². The lowest BCUT2D eigenvalue weighted by molar-refractivity contribution is -0.119. The van der Waals surface area contributed by atoms with E-state index in [2.05, 4.69) is 10.3 Å². The van der Waals surface area contributed by atoms with Gasteiger partial charge in [-0.1, -0.05) is 0 Å². The first kappa shape index (κ1) is 16.9. The molecule has 0 bridgehead atoms. The molecule has 1 saturated heterocycles. The topological polar surface area (TPSA) is 95.3 Å². The van der Waals surface area contributed by atoms with E-state index in [0.29, 0.717) is 15.6 Å². The summed E-state index contributed by atoms with van der Waals surface area (Å²) in [5.74, 6) is -0.764. The summed E-state index contributed by atoms with van der Waals surface area (Å²) in [6.07, 6.45) is 0.303. The molecular formula is C16H13FN4O3S. The van der Waals surface area contributed by atoms with E-state index in [1.54, 1.807) is 6.07 Å². The summed E-state index contributed by atoms with van der Waals surface area (Å²) >= 11 is 1.09. The Morgan fingerprint density at radius 2 is 2.40 bits per heavy atom. The van der Waals surface area contributed by atoms with Crippen LogP contribution in [0.15, 0.2) is 24.4 Å². The minimum atomic E-state index is -0.594. The third kappa shape index (κ3) is 3.59. The molecule has 1 fully saturated rings. The van der Waals surface area contributed by atoms with Gasteiger partial charge in [0, 0.05) is 12.5 Å². The number of nitrogens with one attached hydrogen (secondary N) is 1. The van der Waals surface area contributed by atoms with Gasteiger partial charge in [0.1, 0.15) is 27.9 Å². The van der Waals surface area contributed by atoms with Crippen molar-refractivity contribution in [1.29, 1.82) is 5.26 Å². The second-order valence-corrected chi connectivity index (χ2v) is 6.39. The lowest BCUT2D eigenvalue weighted by atomic mass is 10.2. The van der Waals surface area contributed by atoms with Crippen LogP contribution in [0, 0.1) is 17.1 Å². The van der Waals surface area contributed by atoms with Crippen molar-refractivity contribution in [3.8, 4) is 16.6 Å². The maximum atomic E-state index is 14.4. The molecule has 1 aromatic heterocycles. The van der Waals surface area contributed by atoms with Gasteiger partial charge in [0.25, 0.3) is 0 Å². The third-order valence-electron chi connectivity index (χ3n) is 3.56. The van der Waals surface area contributed by atoms with Crippen LogP contribution in [0.5, 0.6) is 0 Å². The van der Waals surface area contributed by atoms with Crippen molar-refractivity contribution < 1.29 is 18.7 Å². The Hall–Kier alpha value is -2.99. The molecule has 3 rings (SSSR count). The van der Waals surface area contributed by atoms with Crippen molar-refractivity contribution in [2.45, 2.75) is 13.0 Å². The summed E-state index contributed by atoms with van der Waals surface area (Å²) in [6, 6.07) is 6.29. The number of halogens is 1. The van der Waals surface area contributed by atoms with Gasteiger partial charge in [-0.05, 0) is 18.2 Å². The zero-order valence-electron chi connectivity index (χ0n) is 13.2. The number of hydrogen-bond acceptors (Lipinski definition) is 6. The SMILES string of the molecule is CC(=O)NCC1CN(c2ccc(-c3ncc(C#N)s3)c(F)c2)C(=O)O1. The summed E-state index contributed by atoms with van der Waals surface area (Å²) in [5, 5.41) is 11.8. The predicted molar refractivity (Wildman–Crippen MR) is 88.5 cm³/mol. The van der Waals surface area contributed by atoms with Gasteiger partial charge in [-0.15, -0.1) is 11.3 Å². The third-order valence-corrected chi connectivity index (χ3v) is 4.50. The van der Waals surface area contributed by atoms with Crippen LogP contribution >= 0.6 is 11.3 Å². The fourth-order valence-corrected chi connectivity index (χ4v) is 3.13. The van der Waals surface area contributed by atoms with Gasteiger partial charge in [0.15, 0.2) is 0 Å². The van der Waals surface area contributed by atoms with E-state index in [1.165, 1.54) is 30.2 Å². The molecule has 0 aliphatic carbocycles. The van der Waals surface area contributed by atoms with E-state index in [1.807, 2.05) is 6.07 Å². The molecule has 0 spiro atoms. The first-order chi connectivity index (χ1) is 12.0. The monoisotopic (exact) mass is 360 g/mol. The molecule has 1 aliphatic heterocycles. The lowest BCUT2D eigenvalue weighted by Crippen LogP contribution is -2.33. The zero-order valence-corrected chi connectivity index (χ0v) is 14.0. The number of carbonyl (C=O) groups is 2. The number of rotatable bonds is 4. The number of carbonyl (C=O) groups excluding carboxylic acids is 2. The summed E-state index contributed by atoms with van der Waals surface area (Å²) in [7, 11) is 0. The molecule has 2 aromatic rings. The quantitative estimate of drug-likeness (QED) is 0.902. The van der Waals surface area contributed by atoms with E-state index in [4.69, 9.17) is 10.00 Å². The number of thiazole rings is 1. The van der Waals surface area contributed by atoms with Crippen LogP contribution in [0.25, 0.3) is 10.6 Å². The highest BCUT2D eigenvalue weighted by Gasteiger charge is 2.32. The van der Waals surface area contributed by atoms with Crippen LogP contribution in [0.4, 0.5) is 14.9 Å². The smallest absolute Gasteiger partial charge is 0.414 e. The van der Waals surface area contributed by atoms with Gasteiger partial charge in [-0.3, -0.25) is 9.69 Å². The Balaban J connectivity index is 1.77. The molecule has 1 aromatic carbocycles. The van der Waals surface area contributed by atoms with Crippen LogP contribution < -0.4 is 10.2 Å². The number of nitrogens with zero attached hydrogens (tertiary/aromatic N) is 3. The van der Waals surface area contributed by atoms with Gasteiger partial charge in [-0.2, -0.15) is 5.26 Å². The molecular weight excluding hydrogens is 347 g/mol. The number of aromatic nitrogens is 1. The van der Waals surface area contributed by atoms with E-state index in [9.17, 15) is 14.0 Å². The molecule has 1 aliphatic rings. The van der Waals surface area contributed by atoms with Gasteiger partial charge >= 0.3 is 6.09 Å². The van der Waals surface area contributed by atoms with E-state index in [-0.39, 0.29) is 24.6 Å². The minimum absolute atomic E-state index is 0.203. The molecule has 1 unspecified atom stereocenters. The minimum Gasteiger partial charge on any atom is -0.442 e. The van der Waals surface area contributed by atoms with Crippen molar-refractivity contribution in [2.75, 3.05) is 18.0 Å². The molecule has 2 amide bonds. The highest BCUT2D eigenvalue weighted by atomic mass is 32.1. The van der Waals surface area contributed by atoms with Crippen LogP contribution in [-0.4, -0.2) is 36.2 Å². The van der Waals surface area contributed by atoms with Crippen LogP contribution in [0.2, 0.25) is 0 Å². The van der Waals surface area contributed by atoms with Crippen LogP contribution in [0.1, 0.15) is 11.8 Å². The average Bonchev–Trinajstić information content (AvgIpc) is 3.19. The number of amides is 2. The molecule has 25 heavy (non-hydrogen) atoms. The first-order valence-corrected chi connectivity index (χ1v) is 8.18. The van der Waals surface area contributed by atoms with E-state index in [0.717, 1.165) is 11.3 Å². The largest absolute Gasteiger partial charge is 0.442 e. The van der Waals surface area contributed by atoms with Crippen LogP contribution in [0.3, 0.4) is 0 Å². The lowest BCUT2D eigenvalue weighted by Gasteiger charge is -2.14. The summed E-state index contributed by atoms with van der Waals surface area (Å²) < 4.78 is 19.6. The van der Waals surface area contributed by atoms with Gasteiger partial charge < -0.3 is 10.1 Å². The molecule has 0 radical (unpaired) electrons. The predicted octanol–water partition coefficient (Wildman–Crippen LogP) is 2.28.